The first-order valence-corrected chi connectivity index (χ1v) is 10.1. The zero-order valence-corrected chi connectivity index (χ0v) is 15.5. The second kappa shape index (κ2) is 8.11. The van der Waals surface area contributed by atoms with Crippen molar-refractivity contribution in [3.05, 3.63) is 54.0 Å². The fraction of sp³-hybridized carbons (Fsp3) is 0.389. The lowest BCUT2D eigenvalue weighted by molar-refractivity contribution is 0.270. The van der Waals surface area contributed by atoms with Gasteiger partial charge in [-0.25, -0.2) is 22.5 Å². The minimum Gasteiger partial charge on any atom is -0.354 e. The number of sulfonamides is 1. The van der Waals surface area contributed by atoms with Crippen molar-refractivity contribution >= 4 is 15.8 Å². The lowest BCUT2D eigenvalue weighted by Gasteiger charge is -2.34. The largest absolute Gasteiger partial charge is 0.354 e. The number of halogens is 1. The predicted molar refractivity (Wildman–Crippen MR) is 99.0 cm³/mol. The average Bonchev–Trinajstić information content (AvgIpc) is 2.67. The van der Waals surface area contributed by atoms with Gasteiger partial charge >= 0.3 is 0 Å². The molecule has 0 amide bonds. The first kappa shape index (κ1) is 18.8. The van der Waals surface area contributed by atoms with Crippen molar-refractivity contribution in [2.24, 2.45) is 0 Å². The van der Waals surface area contributed by atoms with Gasteiger partial charge in [-0.3, -0.25) is 0 Å². The second-order valence-corrected chi connectivity index (χ2v) is 7.94. The predicted octanol–water partition coefficient (Wildman–Crippen LogP) is 1.84. The van der Waals surface area contributed by atoms with Gasteiger partial charge in [-0.15, -0.1) is 0 Å². The molecule has 1 N–H and O–H groups in total. The minimum atomic E-state index is -3.90. The number of pyridine rings is 1. The van der Waals surface area contributed by atoms with Crippen LogP contribution in [0.2, 0.25) is 0 Å². The normalized spacial score (nSPS) is 16.0. The Morgan fingerprint density at radius 1 is 1.12 bits per heavy atom. The van der Waals surface area contributed by atoms with Crippen molar-refractivity contribution in [3.63, 3.8) is 0 Å². The molecule has 2 aromatic rings. The Hall–Kier alpha value is -2.03. The van der Waals surface area contributed by atoms with E-state index >= 15 is 0 Å². The molecule has 0 bridgehead atoms. The van der Waals surface area contributed by atoms with Crippen LogP contribution in [0.1, 0.15) is 12.5 Å². The van der Waals surface area contributed by atoms with Gasteiger partial charge in [0, 0.05) is 38.9 Å². The van der Waals surface area contributed by atoms with E-state index in [4.69, 9.17) is 0 Å². The Morgan fingerprint density at radius 3 is 2.46 bits per heavy atom. The van der Waals surface area contributed by atoms with E-state index in [9.17, 15) is 12.8 Å². The highest BCUT2D eigenvalue weighted by atomic mass is 32.2. The number of likely N-dealkylation sites (N-methyl/N-ethyl adjacent to an activating group) is 1. The van der Waals surface area contributed by atoms with Crippen molar-refractivity contribution in [1.82, 2.24) is 14.6 Å². The topological polar surface area (TPSA) is 65.5 Å². The Bertz CT molecular complexity index is 835. The summed E-state index contributed by atoms with van der Waals surface area (Å²) in [6.07, 6.45) is 1.66. The Labute approximate surface area is 153 Å². The third-order valence-corrected chi connectivity index (χ3v) is 5.98. The molecule has 1 saturated heterocycles. The number of nitrogens with one attached hydrogen (secondary N) is 1. The van der Waals surface area contributed by atoms with Crippen molar-refractivity contribution in [1.29, 1.82) is 0 Å². The third-order valence-electron chi connectivity index (χ3n) is 4.55. The van der Waals surface area contributed by atoms with E-state index in [-0.39, 0.29) is 11.4 Å². The van der Waals surface area contributed by atoms with Gasteiger partial charge in [-0.05, 0) is 30.3 Å². The molecule has 2 heterocycles. The molecule has 0 radical (unpaired) electrons. The van der Waals surface area contributed by atoms with Gasteiger partial charge in [0.25, 0.3) is 0 Å². The van der Waals surface area contributed by atoms with Gasteiger partial charge in [0.2, 0.25) is 10.0 Å². The van der Waals surface area contributed by atoms with E-state index in [2.05, 4.69) is 26.4 Å². The van der Waals surface area contributed by atoms with Crippen molar-refractivity contribution in [2.75, 3.05) is 37.6 Å². The number of anilines is 1. The van der Waals surface area contributed by atoms with Crippen molar-refractivity contribution < 1.29 is 12.8 Å². The maximum atomic E-state index is 13.7. The SMILES string of the molecule is CCN1CCN(c2ccc(CNS(=O)(=O)c3ccccc3F)cn2)CC1. The third kappa shape index (κ3) is 4.38. The van der Waals surface area contributed by atoms with E-state index in [1.165, 1.54) is 18.2 Å². The fourth-order valence-corrected chi connectivity index (χ4v) is 4.01. The first-order valence-electron chi connectivity index (χ1n) is 8.66. The van der Waals surface area contributed by atoms with E-state index in [1.807, 2.05) is 12.1 Å². The molecule has 0 aliphatic carbocycles. The van der Waals surface area contributed by atoms with Crippen LogP contribution in [-0.2, 0) is 16.6 Å². The van der Waals surface area contributed by atoms with E-state index in [1.54, 1.807) is 6.20 Å². The van der Waals surface area contributed by atoms with E-state index < -0.39 is 15.8 Å². The van der Waals surface area contributed by atoms with Crippen LogP contribution in [0.3, 0.4) is 0 Å². The van der Waals surface area contributed by atoms with Gasteiger partial charge in [0.05, 0.1) is 0 Å². The van der Waals surface area contributed by atoms with Gasteiger partial charge in [-0.1, -0.05) is 25.1 Å². The maximum absolute atomic E-state index is 13.7. The highest BCUT2D eigenvalue weighted by Crippen LogP contribution is 2.16. The van der Waals surface area contributed by atoms with E-state index in [0.717, 1.165) is 50.2 Å². The summed E-state index contributed by atoms with van der Waals surface area (Å²) in [6.45, 7) is 7.17. The molecule has 0 atom stereocenters. The van der Waals surface area contributed by atoms with Crippen LogP contribution in [0.25, 0.3) is 0 Å². The van der Waals surface area contributed by atoms with Crippen LogP contribution in [-0.4, -0.2) is 51.0 Å². The molecule has 0 unspecified atom stereocenters. The first-order chi connectivity index (χ1) is 12.5. The highest BCUT2D eigenvalue weighted by Gasteiger charge is 2.19. The van der Waals surface area contributed by atoms with Crippen LogP contribution in [0.4, 0.5) is 10.2 Å². The number of nitrogens with zero attached hydrogens (tertiary/aromatic N) is 3. The van der Waals surface area contributed by atoms with Crippen molar-refractivity contribution in [3.8, 4) is 0 Å². The number of hydrogen-bond donors (Lipinski definition) is 1. The number of rotatable bonds is 6. The summed E-state index contributed by atoms with van der Waals surface area (Å²) in [5, 5.41) is 0. The van der Waals surface area contributed by atoms with Crippen LogP contribution >= 0.6 is 0 Å². The molecule has 0 saturated carbocycles. The molecule has 1 aliphatic heterocycles. The molecule has 1 fully saturated rings. The highest BCUT2D eigenvalue weighted by molar-refractivity contribution is 7.89. The summed E-state index contributed by atoms with van der Waals surface area (Å²) >= 11 is 0. The minimum absolute atomic E-state index is 0.0631. The summed E-state index contributed by atoms with van der Waals surface area (Å²) in [5.41, 5.74) is 0.723. The molecule has 1 aromatic carbocycles. The van der Waals surface area contributed by atoms with Gasteiger partial charge in [0.1, 0.15) is 16.5 Å². The van der Waals surface area contributed by atoms with Gasteiger partial charge in [0.15, 0.2) is 0 Å². The summed E-state index contributed by atoms with van der Waals surface area (Å²) in [6, 6.07) is 9.06. The molecule has 1 aliphatic rings. The lowest BCUT2D eigenvalue weighted by atomic mass is 10.2. The molecule has 26 heavy (non-hydrogen) atoms. The molecule has 140 valence electrons. The van der Waals surface area contributed by atoms with Crippen LogP contribution in [0.15, 0.2) is 47.5 Å². The maximum Gasteiger partial charge on any atom is 0.243 e. The van der Waals surface area contributed by atoms with Crippen LogP contribution < -0.4 is 9.62 Å². The monoisotopic (exact) mass is 378 g/mol. The number of hydrogen-bond acceptors (Lipinski definition) is 5. The molecule has 8 heteroatoms. The molecule has 6 nitrogen and oxygen atoms in total. The Balaban J connectivity index is 1.61. The van der Waals surface area contributed by atoms with Crippen LogP contribution in [0.5, 0.6) is 0 Å². The lowest BCUT2D eigenvalue weighted by Crippen LogP contribution is -2.46. The van der Waals surface area contributed by atoms with E-state index in [0.29, 0.717) is 0 Å². The molecule has 0 spiro atoms. The summed E-state index contributed by atoms with van der Waals surface area (Å²) in [7, 11) is -3.90. The zero-order chi connectivity index (χ0) is 18.6. The zero-order valence-electron chi connectivity index (χ0n) is 14.7. The molecule has 1 aromatic heterocycles. The average molecular weight is 378 g/mol. The Kier molecular flexibility index (Phi) is 5.85. The van der Waals surface area contributed by atoms with Gasteiger partial charge < -0.3 is 9.80 Å². The fourth-order valence-electron chi connectivity index (χ4n) is 2.92. The number of aromatic nitrogens is 1. The van der Waals surface area contributed by atoms with Gasteiger partial charge in [-0.2, -0.15) is 0 Å². The molecular weight excluding hydrogens is 355 g/mol. The number of piperazine rings is 1. The number of benzene rings is 1. The van der Waals surface area contributed by atoms with Crippen LogP contribution in [0, 0.1) is 5.82 Å². The van der Waals surface area contributed by atoms with Crippen molar-refractivity contribution in [2.45, 2.75) is 18.4 Å². The Morgan fingerprint density at radius 2 is 1.85 bits per heavy atom. The molecular formula is C18H23FN4O2S. The molecule has 3 rings (SSSR count). The summed E-state index contributed by atoms with van der Waals surface area (Å²) in [4.78, 5) is 8.71. The summed E-state index contributed by atoms with van der Waals surface area (Å²) in [5.74, 6) is 0.126. The summed E-state index contributed by atoms with van der Waals surface area (Å²) < 4.78 is 40.5. The quantitative estimate of drug-likeness (QED) is 0.831. The second-order valence-electron chi connectivity index (χ2n) is 6.20. The standard InChI is InChI=1S/C18H23FN4O2S/c1-2-22-9-11-23(12-10-22)18-8-7-15(13-20-18)14-21-26(24,25)17-6-4-3-5-16(17)19/h3-8,13,21H,2,9-12,14H2,1H3. The smallest absolute Gasteiger partial charge is 0.243 e.